The first kappa shape index (κ1) is 16.6. The average Bonchev–Trinajstić information content (AvgIpc) is 3.08. The molecule has 1 heterocycles. The molecule has 2 heteroatoms. The first-order chi connectivity index (χ1) is 10.8. The third kappa shape index (κ3) is 5.19. The van der Waals surface area contributed by atoms with Crippen LogP contribution < -0.4 is 5.32 Å². The van der Waals surface area contributed by atoms with E-state index >= 15 is 0 Å². The Bertz CT molecular complexity index is 518. The Hall–Kier alpha value is -1.80. The molecule has 0 amide bonds. The minimum Gasteiger partial charge on any atom is -0.468 e. The monoisotopic (exact) mass is 297 g/mol. The van der Waals surface area contributed by atoms with Crippen molar-refractivity contribution in [2.75, 3.05) is 0 Å². The van der Waals surface area contributed by atoms with E-state index in [2.05, 4.69) is 49.2 Å². The molecule has 0 aliphatic rings. The maximum absolute atomic E-state index is 5.38. The molecular formula is C20H27NO. The van der Waals surface area contributed by atoms with Crippen molar-refractivity contribution in [2.45, 2.75) is 45.2 Å². The molecule has 0 fully saturated rings. The van der Waals surface area contributed by atoms with Gasteiger partial charge in [0.25, 0.3) is 0 Å². The van der Waals surface area contributed by atoms with Crippen LogP contribution in [-0.4, -0.2) is 6.04 Å². The number of hydrogen-bond acceptors (Lipinski definition) is 2. The second-order valence-electron chi connectivity index (χ2n) is 5.77. The second kappa shape index (κ2) is 9.26. The third-order valence-electron chi connectivity index (χ3n) is 4.26. The van der Waals surface area contributed by atoms with Gasteiger partial charge in [-0.25, -0.2) is 0 Å². The molecule has 2 aromatic rings. The topological polar surface area (TPSA) is 25.2 Å². The lowest BCUT2D eigenvalue weighted by molar-refractivity contribution is 0.349. The smallest absolute Gasteiger partial charge is 0.117 e. The van der Waals surface area contributed by atoms with Crippen LogP contribution >= 0.6 is 0 Å². The fourth-order valence-electron chi connectivity index (χ4n) is 2.92. The molecule has 0 aliphatic heterocycles. The quantitative estimate of drug-likeness (QED) is 0.626. The summed E-state index contributed by atoms with van der Waals surface area (Å²) in [6, 6.07) is 15.0. The van der Waals surface area contributed by atoms with E-state index in [1.54, 1.807) is 6.26 Å². The van der Waals surface area contributed by atoms with E-state index in [4.69, 9.17) is 4.42 Å². The van der Waals surface area contributed by atoms with Gasteiger partial charge in [0.1, 0.15) is 5.76 Å². The fraction of sp³-hybridized carbons (Fsp3) is 0.400. The van der Waals surface area contributed by atoms with Crippen LogP contribution in [0.1, 0.15) is 37.5 Å². The highest BCUT2D eigenvalue weighted by Crippen LogP contribution is 2.19. The Morgan fingerprint density at radius 3 is 2.64 bits per heavy atom. The highest BCUT2D eigenvalue weighted by molar-refractivity contribution is 5.14. The summed E-state index contributed by atoms with van der Waals surface area (Å²) in [4.78, 5) is 0. The summed E-state index contributed by atoms with van der Waals surface area (Å²) in [5, 5.41) is 3.56. The molecule has 2 atom stereocenters. The van der Waals surface area contributed by atoms with Gasteiger partial charge in [-0.3, -0.25) is 0 Å². The number of hydrogen-bond donors (Lipinski definition) is 1. The summed E-state index contributed by atoms with van der Waals surface area (Å²) in [6.07, 6.45) is 8.51. The largest absolute Gasteiger partial charge is 0.468 e. The van der Waals surface area contributed by atoms with Crippen LogP contribution in [0.25, 0.3) is 0 Å². The summed E-state index contributed by atoms with van der Waals surface area (Å²) in [5.74, 6) is 1.60. The Morgan fingerprint density at radius 1 is 1.18 bits per heavy atom. The molecule has 0 saturated heterocycles. The third-order valence-corrected chi connectivity index (χ3v) is 4.26. The summed E-state index contributed by atoms with van der Waals surface area (Å²) >= 11 is 0. The lowest BCUT2D eigenvalue weighted by Crippen LogP contribution is -2.33. The molecular weight excluding hydrogens is 270 g/mol. The van der Waals surface area contributed by atoms with Gasteiger partial charge in [0, 0.05) is 6.04 Å². The standard InChI is InChI=1S/C20H27NO/c1-3-18(13-8-12-17-10-6-5-7-11-17)20(4-2)21-16-19-14-9-15-22-19/h4-7,9-11,14-15,18,20-21H,2-3,8,12-13,16H2,1H3/t18-,20+/m1/s1. The van der Waals surface area contributed by atoms with Gasteiger partial charge in [-0.2, -0.15) is 0 Å². The SMILES string of the molecule is C=C[C@H](NCc1ccco1)[C@H](CC)CCCc1ccccc1. The first-order valence-electron chi connectivity index (χ1n) is 8.25. The lowest BCUT2D eigenvalue weighted by atomic mass is 9.90. The van der Waals surface area contributed by atoms with Crippen LogP contribution in [-0.2, 0) is 13.0 Å². The molecule has 1 aromatic carbocycles. The van der Waals surface area contributed by atoms with Crippen molar-refractivity contribution in [3.05, 3.63) is 72.7 Å². The number of rotatable bonds is 10. The van der Waals surface area contributed by atoms with Crippen LogP contribution in [0.5, 0.6) is 0 Å². The molecule has 1 aromatic heterocycles. The molecule has 0 saturated carbocycles. The highest BCUT2D eigenvalue weighted by atomic mass is 16.3. The average molecular weight is 297 g/mol. The minimum atomic E-state index is 0.339. The number of furan rings is 1. The first-order valence-corrected chi connectivity index (χ1v) is 8.25. The van der Waals surface area contributed by atoms with Crippen LogP contribution in [0.3, 0.4) is 0 Å². The van der Waals surface area contributed by atoms with Gasteiger partial charge in [-0.15, -0.1) is 6.58 Å². The Labute approximate surface area is 134 Å². The number of aryl methyl sites for hydroxylation is 1. The minimum absolute atomic E-state index is 0.339. The van der Waals surface area contributed by atoms with Crippen molar-refractivity contribution in [3.63, 3.8) is 0 Å². The summed E-state index contributed by atoms with van der Waals surface area (Å²) in [5.41, 5.74) is 1.43. The summed E-state index contributed by atoms with van der Waals surface area (Å²) < 4.78 is 5.38. The van der Waals surface area contributed by atoms with Crippen molar-refractivity contribution < 1.29 is 4.42 Å². The fourth-order valence-corrected chi connectivity index (χ4v) is 2.92. The van der Waals surface area contributed by atoms with Crippen molar-refractivity contribution in [1.29, 1.82) is 0 Å². The summed E-state index contributed by atoms with van der Waals surface area (Å²) in [7, 11) is 0. The van der Waals surface area contributed by atoms with E-state index < -0.39 is 0 Å². The molecule has 0 bridgehead atoms. The Morgan fingerprint density at radius 2 is 2.00 bits per heavy atom. The highest BCUT2D eigenvalue weighted by Gasteiger charge is 2.16. The molecule has 0 unspecified atom stereocenters. The lowest BCUT2D eigenvalue weighted by Gasteiger charge is -2.24. The molecule has 0 radical (unpaired) electrons. The van der Waals surface area contributed by atoms with E-state index in [0.717, 1.165) is 25.1 Å². The van der Waals surface area contributed by atoms with E-state index in [-0.39, 0.29) is 0 Å². The molecule has 118 valence electrons. The van der Waals surface area contributed by atoms with Gasteiger partial charge in [0.2, 0.25) is 0 Å². The van der Waals surface area contributed by atoms with E-state index in [1.807, 2.05) is 18.2 Å². The van der Waals surface area contributed by atoms with Crippen LogP contribution in [0, 0.1) is 5.92 Å². The van der Waals surface area contributed by atoms with E-state index in [9.17, 15) is 0 Å². The van der Waals surface area contributed by atoms with Gasteiger partial charge in [-0.05, 0) is 42.9 Å². The van der Waals surface area contributed by atoms with E-state index in [1.165, 1.54) is 18.4 Å². The summed E-state index contributed by atoms with van der Waals surface area (Å²) in [6.45, 7) is 7.03. The molecule has 0 aliphatic carbocycles. The maximum Gasteiger partial charge on any atom is 0.117 e. The predicted molar refractivity (Wildman–Crippen MR) is 92.7 cm³/mol. The van der Waals surface area contributed by atoms with Gasteiger partial charge in [0.15, 0.2) is 0 Å². The van der Waals surface area contributed by atoms with Crippen LogP contribution in [0.4, 0.5) is 0 Å². The van der Waals surface area contributed by atoms with Gasteiger partial charge in [-0.1, -0.05) is 49.8 Å². The number of benzene rings is 1. The van der Waals surface area contributed by atoms with Crippen molar-refractivity contribution in [2.24, 2.45) is 5.92 Å². The zero-order valence-electron chi connectivity index (χ0n) is 13.5. The maximum atomic E-state index is 5.38. The molecule has 0 spiro atoms. The Balaban J connectivity index is 1.78. The Kier molecular flexibility index (Phi) is 6.98. The van der Waals surface area contributed by atoms with Crippen molar-refractivity contribution in [1.82, 2.24) is 5.32 Å². The predicted octanol–water partition coefficient (Wildman–Crippen LogP) is 4.97. The van der Waals surface area contributed by atoms with Crippen molar-refractivity contribution >= 4 is 0 Å². The van der Waals surface area contributed by atoms with Gasteiger partial charge >= 0.3 is 0 Å². The molecule has 1 N–H and O–H groups in total. The molecule has 2 nitrogen and oxygen atoms in total. The van der Waals surface area contributed by atoms with Gasteiger partial charge < -0.3 is 9.73 Å². The van der Waals surface area contributed by atoms with Crippen molar-refractivity contribution in [3.8, 4) is 0 Å². The van der Waals surface area contributed by atoms with E-state index in [0.29, 0.717) is 12.0 Å². The zero-order valence-corrected chi connectivity index (χ0v) is 13.5. The normalized spacial score (nSPS) is 13.7. The van der Waals surface area contributed by atoms with Gasteiger partial charge in [0.05, 0.1) is 12.8 Å². The number of nitrogens with one attached hydrogen (secondary N) is 1. The molecule has 2 rings (SSSR count). The molecule has 22 heavy (non-hydrogen) atoms. The second-order valence-corrected chi connectivity index (χ2v) is 5.77. The van der Waals surface area contributed by atoms with Crippen LogP contribution in [0.2, 0.25) is 0 Å². The zero-order chi connectivity index (χ0) is 15.6. The van der Waals surface area contributed by atoms with Crippen LogP contribution in [0.15, 0.2) is 65.8 Å².